The van der Waals surface area contributed by atoms with Crippen LogP contribution in [-0.2, 0) is 21.9 Å². The van der Waals surface area contributed by atoms with Crippen molar-refractivity contribution in [1.82, 2.24) is 4.72 Å². The molecule has 0 radical (unpaired) electrons. The Hall–Kier alpha value is -2.55. The third-order valence-corrected chi connectivity index (χ3v) is 11.3. The Morgan fingerprint density at radius 1 is 1.15 bits per heavy atom. The smallest absolute Gasteiger partial charge is 0.264 e. The number of carbonyl (C=O) groups excluding carboxylic acids is 1. The van der Waals surface area contributed by atoms with Gasteiger partial charge in [-0.2, -0.15) is 0 Å². The number of carbonyl (C=O) groups is 1. The van der Waals surface area contributed by atoms with E-state index in [1.807, 2.05) is 12.1 Å². The van der Waals surface area contributed by atoms with Gasteiger partial charge in [-0.1, -0.05) is 36.7 Å². The zero-order valence-corrected chi connectivity index (χ0v) is 24.4. The van der Waals surface area contributed by atoms with Gasteiger partial charge in [-0.05, 0) is 97.7 Å². The van der Waals surface area contributed by atoms with E-state index in [1.54, 1.807) is 24.3 Å². The molecule has 2 aromatic carbocycles. The number of hydrogen-bond donors (Lipinski definition) is 2. The highest BCUT2D eigenvalue weighted by atomic mass is 35.5. The van der Waals surface area contributed by atoms with Crippen molar-refractivity contribution in [3.63, 3.8) is 0 Å². The van der Waals surface area contributed by atoms with Crippen molar-refractivity contribution in [2.45, 2.75) is 63.4 Å². The van der Waals surface area contributed by atoms with Crippen molar-refractivity contribution in [3.05, 3.63) is 70.3 Å². The van der Waals surface area contributed by atoms with Gasteiger partial charge in [0.25, 0.3) is 5.91 Å². The number of allylic oxidation sites excluding steroid dienone is 1. The summed E-state index contributed by atoms with van der Waals surface area (Å²) in [5, 5.41) is 12.0. The van der Waals surface area contributed by atoms with Gasteiger partial charge in [-0.3, -0.25) is 4.79 Å². The number of nitrogens with one attached hydrogen (secondary N) is 1. The van der Waals surface area contributed by atoms with Crippen molar-refractivity contribution in [3.8, 4) is 5.75 Å². The molecule has 7 nitrogen and oxygen atoms in total. The van der Waals surface area contributed by atoms with Crippen LogP contribution < -0.4 is 14.4 Å². The summed E-state index contributed by atoms with van der Waals surface area (Å²) in [5.74, 6) is 0.109. The van der Waals surface area contributed by atoms with Gasteiger partial charge in [-0.25, -0.2) is 13.1 Å². The second-order valence-corrected chi connectivity index (χ2v) is 14.6. The number of nitrogens with zero attached hydrogens (tertiary/aromatic N) is 1. The molecule has 2 aliphatic heterocycles. The zero-order valence-electron chi connectivity index (χ0n) is 22.9. The van der Waals surface area contributed by atoms with Crippen LogP contribution in [0.25, 0.3) is 0 Å². The summed E-state index contributed by atoms with van der Waals surface area (Å²) in [5.41, 5.74) is 3.07. The SMILES string of the molecule is C[C@]12CC[C@@H]1CN1C[C@@]3(CCCc4cc(Cl)ccc43)COc3ccc(cc31)C(=O)NS(=O)(=O)CC/C=C\C[C@@H]2O. The fourth-order valence-electron chi connectivity index (χ4n) is 7.15. The number of hydrogen-bond acceptors (Lipinski definition) is 6. The van der Waals surface area contributed by atoms with Gasteiger partial charge in [0.2, 0.25) is 10.0 Å². The summed E-state index contributed by atoms with van der Waals surface area (Å²) in [6, 6.07) is 11.3. The van der Waals surface area contributed by atoms with Gasteiger partial charge in [0.15, 0.2) is 0 Å². The van der Waals surface area contributed by atoms with Crippen molar-refractivity contribution in [1.29, 1.82) is 0 Å². The number of halogens is 1. The highest BCUT2D eigenvalue weighted by Gasteiger charge is 2.49. The third kappa shape index (κ3) is 5.03. The number of aliphatic hydroxyl groups excluding tert-OH is 1. The van der Waals surface area contributed by atoms with Gasteiger partial charge >= 0.3 is 0 Å². The number of benzene rings is 2. The Balaban J connectivity index is 1.43. The lowest BCUT2D eigenvalue weighted by Crippen LogP contribution is -2.53. The second kappa shape index (κ2) is 10.4. The van der Waals surface area contributed by atoms with E-state index in [0.29, 0.717) is 31.9 Å². The molecule has 1 saturated carbocycles. The topological polar surface area (TPSA) is 95.9 Å². The molecule has 2 N–H and O–H groups in total. The molecule has 4 atom stereocenters. The summed E-state index contributed by atoms with van der Waals surface area (Å²) in [7, 11) is -3.81. The van der Waals surface area contributed by atoms with E-state index in [2.05, 4.69) is 28.7 Å². The maximum absolute atomic E-state index is 13.1. The molecule has 2 aliphatic carbocycles. The molecular formula is C31H37ClN2O5S. The molecule has 0 aromatic heterocycles. The minimum atomic E-state index is -3.81. The number of amides is 1. The average molecular weight is 585 g/mol. The number of fused-ring (bicyclic) bond motifs is 4. The van der Waals surface area contributed by atoms with Crippen LogP contribution in [0.4, 0.5) is 5.69 Å². The van der Waals surface area contributed by atoms with Gasteiger partial charge in [0.05, 0.1) is 24.2 Å². The highest BCUT2D eigenvalue weighted by molar-refractivity contribution is 7.90. The summed E-state index contributed by atoms with van der Waals surface area (Å²) < 4.78 is 34.0. The van der Waals surface area contributed by atoms with Crippen LogP contribution in [0.2, 0.25) is 5.02 Å². The van der Waals surface area contributed by atoms with E-state index in [4.69, 9.17) is 16.3 Å². The molecule has 9 heteroatoms. The van der Waals surface area contributed by atoms with Crippen molar-refractivity contribution in [2.24, 2.45) is 11.3 Å². The zero-order chi connectivity index (χ0) is 28.1. The normalized spacial score (nSPS) is 32.5. The van der Waals surface area contributed by atoms with Crippen LogP contribution in [0.3, 0.4) is 0 Å². The highest BCUT2D eigenvalue weighted by Crippen LogP contribution is 2.52. The average Bonchev–Trinajstić information content (AvgIpc) is 3.06. The number of aryl methyl sites for hydroxylation is 1. The summed E-state index contributed by atoms with van der Waals surface area (Å²) >= 11 is 6.38. The molecule has 1 spiro atoms. The van der Waals surface area contributed by atoms with Gasteiger partial charge in [-0.15, -0.1) is 0 Å². The molecule has 40 heavy (non-hydrogen) atoms. The first-order chi connectivity index (χ1) is 19.1. The quantitative estimate of drug-likeness (QED) is 0.423. The first kappa shape index (κ1) is 27.6. The van der Waals surface area contributed by atoms with Crippen molar-refractivity contribution < 1.29 is 23.1 Å². The molecular weight excluding hydrogens is 548 g/mol. The van der Waals surface area contributed by atoms with E-state index >= 15 is 0 Å². The molecule has 4 aliphatic rings. The van der Waals surface area contributed by atoms with Crippen LogP contribution >= 0.6 is 11.6 Å². The van der Waals surface area contributed by atoms with Crippen LogP contribution in [-0.4, -0.2) is 51.0 Å². The number of rotatable bonds is 0. The molecule has 1 amide bonds. The number of anilines is 1. The van der Waals surface area contributed by atoms with E-state index < -0.39 is 22.0 Å². The number of aliphatic hydroxyl groups is 1. The third-order valence-electron chi connectivity index (χ3n) is 9.79. The summed E-state index contributed by atoms with van der Waals surface area (Å²) in [4.78, 5) is 15.4. The Kier molecular flexibility index (Phi) is 7.16. The minimum absolute atomic E-state index is 0.197. The molecule has 2 bridgehead atoms. The second-order valence-electron chi connectivity index (χ2n) is 12.3. The van der Waals surface area contributed by atoms with Crippen LogP contribution in [0, 0.1) is 11.3 Å². The first-order valence-electron chi connectivity index (χ1n) is 14.3. The van der Waals surface area contributed by atoms with Gasteiger partial charge < -0.3 is 14.7 Å². The lowest BCUT2D eigenvalue weighted by molar-refractivity contribution is -0.0695. The molecule has 2 heterocycles. The Morgan fingerprint density at radius 3 is 2.80 bits per heavy atom. The first-order valence-corrected chi connectivity index (χ1v) is 16.3. The van der Waals surface area contributed by atoms with E-state index in [-0.39, 0.29) is 34.5 Å². The molecule has 6 rings (SSSR count). The van der Waals surface area contributed by atoms with Crippen LogP contribution in [0.1, 0.15) is 66.9 Å². The molecule has 2 aromatic rings. The summed E-state index contributed by atoms with van der Waals surface area (Å²) in [6.07, 6.45) is 8.80. The van der Waals surface area contributed by atoms with E-state index in [9.17, 15) is 18.3 Å². The standard InChI is InChI=1S/C31H37ClN2O5S/c1-30-14-12-23(30)18-34-19-31(13-5-6-21-16-24(32)9-10-25(21)31)20-39-27-11-8-22(17-26(27)34)29(36)33-40(37,38)15-4-2-3-7-28(30)35/h2-3,8-11,16-17,23,28,35H,4-7,12-15,18-20H2,1H3,(H,33,36)/b3-2-/t23-,28+,30+,31+/m1/s1. The van der Waals surface area contributed by atoms with E-state index in [1.165, 1.54) is 11.1 Å². The van der Waals surface area contributed by atoms with Crippen LogP contribution in [0.5, 0.6) is 5.75 Å². The van der Waals surface area contributed by atoms with Gasteiger partial charge in [0.1, 0.15) is 5.75 Å². The Bertz CT molecular complexity index is 1460. The molecule has 1 fully saturated rings. The molecule has 214 valence electrons. The fourth-order valence-corrected chi connectivity index (χ4v) is 8.29. The van der Waals surface area contributed by atoms with Crippen molar-refractivity contribution >= 4 is 33.2 Å². The monoisotopic (exact) mass is 584 g/mol. The number of ether oxygens (including phenoxy) is 1. The minimum Gasteiger partial charge on any atom is -0.490 e. The maximum Gasteiger partial charge on any atom is 0.264 e. The summed E-state index contributed by atoms with van der Waals surface area (Å²) in [6.45, 7) is 4.07. The van der Waals surface area contributed by atoms with Crippen LogP contribution in [0.15, 0.2) is 48.6 Å². The lowest BCUT2D eigenvalue weighted by atomic mass is 9.57. The number of sulfonamides is 1. The molecule has 0 unspecified atom stereocenters. The lowest BCUT2D eigenvalue weighted by Gasteiger charge is -2.52. The van der Waals surface area contributed by atoms with Gasteiger partial charge in [0, 0.05) is 29.1 Å². The Morgan fingerprint density at radius 2 is 2.00 bits per heavy atom. The van der Waals surface area contributed by atoms with Crippen molar-refractivity contribution in [2.75, 3.05) is 30.3 Å². The maximum atomic E-state index is 13.1. The largest absolute Gasteiger partial charge is 0.490 e. The predicted octanol–water partition coefficient (Wildman–Crippen LogP) is 5.00. The predicted molar refractivity (Wildman–Crippen MR) is 157 cm³/mol. The van der Waals surface area contributed by atoms with E-state index in [0.717, 1.165) is 42.8 Å². The fraction of sp³-hybridized carbons (Fsp3) is 0.516. The molecule has 0 saturated heterocycles. The Labute approximate surface area is 241 Å².